The Hall–Kier alpha value is -1.92. The molecule has 0 atom stereocenters. The van der Waals surface area contributed by atoms with Crippen LogP contribution in [-0.4, -0.2) is 27.9 Å². The van der Waals surface area contributed by atoms with E-state index >= 15 is 0 Å². The fourth-order valence-electron chi connectivity index (χ4n) is 1.19. The maximum atomic E-state index is 3.90. The Morgan fingerprint density at radius 2 is 1.40 bits per heavy atom. The van der Waals surface area contributed by atoms with E-state index in [-0.39, 0.29) is 0 Å². The van der Waals surface area contributed by atoms with Gasteiger partial charge in [-0.2, -0.15) is 0 Å². The second kappa shape index (κ2) is 4.08. The van der Waals surface area contributed by atoms with Gasteiger partial charge in [-0.15, -0.1) is 9.36 Å². The minimum atomic E-state index is 0.952. The topological polar surface area (TPSA) is 59.3 Å². The molecule has 0 fully saturated rings. The van der Waals surface area contributed by atoms with E-state index in [4.69, 9.17) is 0 Å². The van der Waals surface area contributed by atoms with Gasteiger partial charge in [-0.25, -0.2) is 0 Å². The molecular weight excluding hydrogens is 191 g/mol. The summed E-state index contributed by atoms with van der Waals surface area (Å²) in [6, 6.07) is 3.76. The van der Waals surface area contributed by atoms with Crippen molar-refractivity contribution < 1.29 is 9.36 Å². The predicted octanol–water partition coefficient (Wildman–Crippen LogP) is -3.43. The Balaban J connectivity index is 2.30. The molecular formula is C8H10BN6+2. The summed E-state index contributed by atoms with van der Waals surface area (Å²) in [5.74, 6) is 0. The predicted molar refractivity (Wildman–Crippen MR) is 51.4 cm³/mol. The molecule has 73 valence electrons. The number of nitrogens with zero attached hydrogens (tertiary/aromatic N) is 6. The highest BCUT2D eigenvalue weighted by Gasteiger charge is 2.14. The SMILES string of the molecule is C[n+]1nnccc1[B]c1ccnn[n+]1C. The van der Waals surface area contributed by atoms with Crippen molar-refractivity contribution in [1.82, 2.24) is 20.6 Å². The molecule has 0 saturated heterocycles. The first kappa shape index (κ1) is 9.63. The third-order valence-electron chi connectivity index (χ3n) is 2.04. The second-order valence-electron chi connectivity index (χ2n) is 3.08. The number of rotatable bonds is 2. The van der Waals surface area contributed by atoms with Crippen LogP contribution >= 0.6 is 0 Å². The molecule has 0 N–H and O–H groups in total. The first-order chi connectivity index (χ1) is 7.27. The van der Waals surface area contributed by atoms with Crippen molar-refractivity contribution in [3.05, 3.63) is 24.5 Å². The molecule has 2 aromatic heterocycles. The van der Waals surface area contributed by atoms with Gasteiger partial charge in [0.15, 0.2) is 12.4 Å². The summed E-state index contributed by atoms with van der Waals surface area (Å²) in [4.78, 5) is 0. The molecule has 0 aliphatic rings. The van der Waals surface area contributed by atoms with Gasteiger partial charge in [0, 0.05) is 12.1 Å². The Morgan fingerprint density at radius 3 is 1.80 bits per heavy atom. The van der Waals surface area contributed by atoms with Gasteiger partial charge in [-0.05, 0) is 0 Å². The van der Waals surface area contributed by atoms with Crippen molar-refractivity contribution in [3.63, 3.8) is 0 Å². The van der Waals surface area contributed by atoms with Gasteiger partial charge in [-0.1, -0.05) is 0 Å². The van der Waals surface area contributed by atoms with Crippen LogP contribution in [0.2, 0.25) is 0 Å². The molecule has 0 amide bonds. The van der Waals surface area contributed by atoms with E-state index in [2.05, 4.69) is 20.6 Å². The van der Waals surface area contributed by atoms with Crippen molar-refractivity contribution in [1.29, 1.82) is 0 Å². The fraction of sp³-hybridized carbons (Fsp3) is 0.250. The summed E-state index contributed by atoms with van der Waals surface area (Å²) in [5, 5.41) is 15.3. The van der Waals surface area contributed by atoms with Gasteiger partial charge in [0.1, 0.15) is 24.5 Å². The Labute approximate surface area is 87.8 Å². The first-order valence-corrected chi connectivity index (χ1v) is 4.48. The monoisotopic (exact) mass is 201 g/mol. The van der Waals surface area contributed by atoms with Gasteiger partial charge < -0.3 is 0 Å². The molecule has 0 aliphatic carbocycles. The Kier molecular flexibility index (Phi) is 2.62. The molecule has 6 nitrogen and oxygen atoms in total. The van der Waals surface area contributed by atoms with Gasteiger partial charge in [0.2, 0.25) is 0 Å². The molecule has 2 rings (SSSR count). The van der Waals surface area contributed by atoms with Gasteiger partial charge in [0.05, 0.1) is 21.4 Å². The van der Waals surface area contributed by atoms with Crippen LogP contribution in [0.4, 0.5) is 0 Å². The lowest BCUT2D eigenvalue weighted by molar-refractivity contribution is -0.723. The minimum absolute atomic E-state index is 0.952. The quantitative estimate of drug-likeness (QED) is 0.375. The Morgan fingerprint density at radius 1 is 0.933 bits per heavy atom. The number of hydrogen-bond donors (Lipinski definition) is 0. The van der Waals surface area contributed by atoms with E-state index in [1.807, 2.05) is 33.5 Å². The lowest BCUT2D eigenvalue weighted by Crippen LogP contribution is -2.62. The fourth-order valence-corrected chi connectivity index (χ4v) is 1.19. The van der Waals surface area contributed by atoms with Crippen molar-refractivity contribution in [3.8, 4) is 0 Å². The van der Waals surface area contributed by atoms with Crippen molar-refractivity contribution in [2.75, 3.05) is 0 Å². The van der Waals surface area contributed by atoms with Crippen LogP contribution < -0.4 is 20.6 Å². The zero-order valence-corrected chi connectivity index (χ0v) is 8.57. The molecule has 0 aromatic carbocycles. The molecule has 0 spiro atoms. The van der Waals surface area contributed by atoms with Crippen LogP contribution in [0.5, 0.6) is 0 Å². The summed E-state index contributed by atoms with van der Waals surface area (Å²) in [5.41, 5.74) is 1.90. The van der Waals surface area contributed by atoms with Crippen LogP contribution in [-0.2, 0) is 14.1 Å². The van der Waals surface area contributed by atoms with E-state index in [0.29, 0.717) is 0 Å². The highest BCUT2D eigenvalue weighted by atomic mass is 15.4. The third kappa shape index (κ3) is 2.12. The van der Waals surface area contributed by atoms with E-state index in [1.165, 1.54) is 0 Å². The first-order valence-electron chi connectivity index (χ1n) is 4.48. The van der Waals surface area contributed by atoms with Crippen LogP contribution in [0.25, 0.3) is 0 Å². The maximum Gasteiger partial charge on any atom is 0.307 e. The highest BCUT2D eigenvalue weighted by molar-refractivity contribution is 6.64. The normalized spacial score (nSPS) is 10.0. The van der Waals surface area contributed by atoms with E-state index in [1.54, 1.807) is 21.8 Å². The molecule has 2 heterocycles. The van der Waals surface area contributed by atoms with E-state index < -0.39 is 0 Å². The maximum absolute atomic E-state index is 3.90. The summed E-state index contributed by atoms with van der Waals surface area (Å²) >= 11 is 0. The minimum Gasteiger partial charge on any atom is -0.147 e. The zero-order valence-electron chi connectivity index (χ0n) is 8.57. The van der Waals surface area contributed by atoms with Crippen molar-refractivity contribution in [2.24, 2.45) is 14.1 Å². The number of aryl methyl sites for hydroxylation is 2. The zero-order chi connectivity index (χ0) is 10.7. The van der Waals surface area contributed by atoms with E-state index in [9.17, 15) is 0 Å². The molecule has 0 unspecified atom stereocenters. The van der Waals surface area contributed by atoms with Gasteiger partial charge in [0.25, 0.3) is 0 Å². The summed E-state index contributed by atoms with van der Waals surface area (Å²) in [6.45, 7) is 0. The summed E-state index contributed by atoms with van der Waals surface area (Å²) in [7, 11) is 5.64. The summed E-state index contributed by atoms with van der Waals surface area (Å²) < 4.78 is 3.39. The van der Waals surface area contributed by atoms with Crippen LogP contribution in [0.15, 0.2) is 24.5 Å². The second-order valence-corrected chi connectivity index (χ2v) is 3.08. The molecule has 0 aliphatic heterocycles. The van der Waals surface area contributed by atoms with E-state index in [0.717, 1.165) is 11.2 Å². The average molecular weight is 201 g/mol. The summed E-state index contributed by atoms with van der Waals surface area (Å²) in [6.07, 6.45) is 3.31. The molecule has 0 saturated carbocycles. The molecule has 15 heavy (non-hydrogen) atoms. The third-order valence-corrected chi connectivity index (χ3v) is 2.04. The highest BCUT2D eigenvalue weighted by Crippen LogP contribution is 1.67. The van der Waals surface area contributed by atoms with Crippen molar-refractivity contribution in [2.45, 2.75) is 0 Å². The van der Waals surface area contributed by atoms with Crippen LogP contribution in [0.3, 0.4) is 0 Å². The van der Waals surface area contributed by atoms with Crippen LogP contribution in [0, 0.1) is 0 Å². The number of hydrogen-bond acceptors (Lipinski definition) is 4. The Bertz CT molecular complexity index is 431. The molecule has 2 aromatic rings. The van der Waals surface area contributed by atoms with Crippen LogP contribution in [0.1, 0.15) is 0 Å². The van der Waals surface area contributed by atoms with Gasteiger partial charge in [-0.3, -0.25) is 0 Å². The lowest BCUT2D eigenvalue weighted by Gasteiger charge is -1.97. The van der Waals surface area contributed by atoms with Crippen molar-refractivity contribution >= 4 is 18.5 Å². The lowest BCUT2D eigenvalue weighted by atomic mass is 9.70. The molecule has 0 bridgehead atoms. The standard InChI is InChI=1S/C8H10BN6/c1-14-7(3-5-10-12-14)9-8-4-6-11-13-15(8)2/h3-6H,1-2H3/q+2. The molecule has 1 radical (unpaired) electrons. The number of aromatic nitrogens is 6. The molecule has 7 heteroatoms. The van der Waals surface area contributed by atoms with Gasteiger partial charge >= 0.3 is 7.28 Å². The average Bonchev–Trinajstić information content (AvgIpc) is 2.24. The smallest absolute Gasteiger partial charge is 0.147 e. The largest absolute Gasteiger partial charge is 0.307 e.